The van der Waals surface area contributed by atoms with Crippen LogP contribution in [-0.4, -0.2) is 25.8 Å². The lowest BCUT2D eigenvalue weighted by Crippen LogP contribution is -2.11. The number of H-pyrrole nitrogens is 2. The Labute approximate surface area is 371 Å². The largest absolute Gasteiger partial charge is 0.384 e. The summed E-state index contributed by atoms with van der Waals surface area (Å²) in [4.78, 5) is 19.2. The number of fused-ring (bicyclic) bond motifs is 8. The van der Waals surface area contributed by atoms with Crippen molar-refractivity contribution in [1.82, 2.24) is 19.9 Å². The maximum Gasteiger partial charge on any atom is 0.125 e. The first-order chi connectivity index (χ1) is 30.0. The third-order valence-corrected chi connectivity index (χ3v) is 12.9. The number of nitrogens with zero attached hydrogens (tertiary/aromatic N) is 2. The van der Waals surface area contributed by atoms with Gasteiger partial charge in [-0.25, -0.2) is 9.97 Å². The topological polar surface area (TPSA) is 107 Å². The summed E-state index contributed by atoms with van der Waals surface area (Å²) in [6, 6.07) is 26.7. The van der Waals surface area contributed by atoms with Crippen molar-refractivity contribution in [2.75, 3.05) is 0 Å². The number of hydrogen-bond donors (Lipinski definition) is 4. The summed E-state index contributed by atoms with van der Waals surface area (Å²) < 4.78 is 0. The molecule has 0 spiro atoms. The Morgan fingerprint density at radius 3 is 1.00 bits per heavy atom. The quantitative estimate of drug-likeness (QED) is 0.103. The molecule has 7 aromatic rings. The fourth-order valence-corrected chi connectivity index (χ4v) is 10.8. The third kappa shape index (κ3) is 7.04. The van der Waals surface area contributed by atoms with Crippen molar-refractivity contribution in [3.63, 3.8) is 0 Å². The van der Waals surface area contributed by atoms with Crippen LogP contribution in [0.15, 0.2) is 72.8 Å². The van der Waals surface area contributed by atoms with Crippen LogP contribution in [0, 0.1) is 88.5 Å². The fourth-order valence-electron chi connectivity index (χ4n) is 10.8. The molecule has 3 aromatic heterocycles. The van der Waals surface area contributed by atoms with Crippen LogP contribution in [0.25, 0.3) is 90.4 Å². The Bertz CT molecular complexity index is 3290. The minimum Gasteiger partial charge on any atom is -0.384 e. The normalized spacial score (nSPS) is 12.3. The van der Waals surface area contributed by atoms with E-state index < -0.39 is 0 Å². The van der Waals surface area contributed by atoms with Gasteiger partial charge in [0.1, 0.15) is 5.84 Å². The highest BCUT2D eigenvalue weighted by Crippen LogP contribution is 2.44. The van der Waals surface area contributed by atoms with Crippen LogP contribution in [0.2, 0.25) is 0 Å². The van der Waals surface area contributed by atoms with E-state index in [9.17, 15) is 0 Å². The Hall–Kier alpha value is -7.05. The lowest BCUT2D eigenvalue weighted by atomic mass is 9.91. The molecule has 0 saturated carbocycles. The van der Waals surface area contributed by atoms with Gasteiger partial charge in [-0.3, -0.25) is 5.41 Å². The van der Waals surface area contributed by atoms with Gasteiger partial charge >= 0.3 is 0 Å². The number of amidine groups is 1. The molecule has 0 radical (unpaired) electrons. The van der Waals surface area contributed by atoms with Gasteiger partial charge in [-0.1, -0.05) is 70.8 Å². The van der Waals surface area contributed by atoms with Crippen molar-refractivity contribution in [3.05, 3.63) is 162 Å². The van der Waals surface area contributed by atoms with Crippen LogP contribution in [0.1, 0.15) is 89.5 Å². The highest BCUT2D eigenvalue weighted by molar-refractivity contribution is 6.28. The van der Waals surface area contributed by atoms with E-state index in [2.05, 4.69) is 178 Å². The molecule has 0 amide bonds. The Morgan fingerprint density at radius 2 is 0.683 bits per heavy atom. The Balaban J connectivity index is 1.59. The highest BCUT2D eigenvalue weighted by atomic mass is 14.8. The second-order valence-corrected chi connectivity index (χ2v) is 18.2. The van der Waals surface area contributed by atoms with E-state index in [0.717, 1.165) is 106 Å². The minimum atomic E-state index is -0.0375. The molecular formula is C57H56N6. The monoisotopic (exact) mass is 824 g/mol. The SMILES string of the molecule is Cc1cc(C)c(-c2c3nc(c(-c4c(C)cc(C)cc4C)c4ccc([nH]4)c(-c4c(C)cc(C)cc4C)c4nc(c(-c5c(C)cc(C)cc5C)c5ccc2[nH]5)C=C4C(=N)N)C=C3)c(C)c1. The number of nitrogens with two attached hydrogens (primary N) is 1. The predicted molar refractivity (Wildman–Crippen MR) is 268 cm³/mol. The second-order valence-electron chi connectivity index (χ2n) is 18.2. The van der Waals surface area contributed by atoms with Gasteiger partial charge in [0.15, 0.2) is 0 Å². The van der Waals surface area contributed by atoms with E-state index in [4.69, 9.17) is 21.1 Å². The fraction of sp³-hybridized carbons (Fsp3) is 0.211. The van der Waals surface area contributed by atoms with Crippen LogP contribution in [0.5, 0.6) is 0 Å². The third-order valence-electron chi connectivity index (χ3n) is 12.9. The van der Waals surface area contributed by atoms with Crippen molar-refractivity contribution < 1.29 is 0 Å². The van der Waals surface area contributed by atoms with Crippen molar-refractivity contribution in [3.8, 4) is 44.5 Å². The molecule has 0 aliphatic carbocycles. The summed E-state index contributed by atoms with van der Waals surface area (Å²) in [5.74, 6) is -0.0375. The average molecular weight is 825 g/mol. The van der Waals surface area contributed by atoms with Crippen molar-refractivity contribution >= 4 is 51.7 Å². The number of aromatic amines is 2. The van der Waals surface area contributed by atoms with Gasteiger partial charge in [0.2, 0.25) is 0 Å². The predicted octanol–water partition coefficient (Wildman–Crippen LogP) is 14.3. The van der Waals surface area contributed by atoms with Gasteiger partial charge in [-0.2, -0.15) is 0 Å². The molecule has 8 bridgehead atoms. The summed E-state index contributed by atoms with van der Waals surface area (Å²) in [5, 5.41) is 9.13. The van der Waals surface area contributed by atoms with Crippen LogP contribution in [0.4, 0.5) is 0 Å². The summed E-state index contributed by atoms with van der Waals surface area (Å²) in [5.41, 5.74) is 36.6. The molecule has 5 heterocycles. The lowest BCUT2D eigenvalue weighted by Gasteiger charge is -2.15. The van der Waals surface area contributed by atoms with Gasteiger partial charge in [-0.05, 0) is 192 Å². The number of aromatic nitrogens is 4. The van der Waals surface area contributed by atoms with Crippen LogP contribution in [0.3, 0.4) is 0 Å². The Kier molecular flexibility index (Phi) is 10.1. The molecular weight excluding hydrogens is 769 g/mol. The van der Waals surface area contributed by atoms with Gasteiger partial charge < -0.3 is 15.7 Å². The molecule has 0 unspecified atom stereocenters. The summed E-state index contributed by atoms with van der Waals surface area (Å²) in [6.07, 6.45) is 6.38. The first-order valence-electron chi connectivity index (χ1n) is 21.9. The maximum absolute atomic E-state index is 9.13. The zero-order valence-electron chi connectivity index (χ0n) is 38.6. The summed E-state index contributed by atoms with van der Waals surface area (Å²) in [6.45, 7) is 26.1. The molecule has 0 fully saturated rings. The van der Waals surface area contributed by atoms with E-state index >= 15 is 0 Å². The molecule has 0 saturated heterocycles. The number of benzene rings is 4. The van der Waals surface area contributed by atoms with Gasteiger partial charge in [0.25, 0.3) is 0 Å². The van der Waals surface area contributed by atoms with E-state index in [1.807, 2.05) is 6.08 Å². The molecule has 2 aliphatic heterocycles. The first kappa shape index (κ1) is 41.3. The number of hydrogen-bond acceptors (Lipinski definition) is 3. The zero-order chi connectivity index (χ0) is 44.8. The highest BCUT2D eigenvalue weighted by Gasteiger charge is 2.27. The number of rotatable bonds is 5. The molecule has 6 nitrogen and oxygen atoms in total. The molecule has 6 heteroatoms. The smallest absolute Gasteiger partial charge is 0.125 e. The zero-order valence-corrected chi connectivity index (χ0v) is 38.6. The van der Waals surface area contributed by atoms with Crippen molar-refractivity contribution in [1.29, 1.82) is 5.41 Å². The Morgan fingerprint density at radius 1 is 0.397 bits per heavy atom. The molecule has 0 atom stereocenters. The molecule has 314 valence electrons. The van der Waals surface area contributed by atoms with Crippen LogP contribution < -0.4 is 5.73 Å². The average Bonchev–Trinajstić information content (AvgIpc) is 4.02. The van der Waals surface area contributed by atoms with Gasteiger partial charge in [-0.15, -0.1) is 0 Å². The molecule has 63 heavy (non-hydrogen) atoms. The molecule has 9 rings (SSSR count). The number of aryl methyl sites for hydroxylation is 12. The van der Waals surface area contributed by atoms with Crippen molar-refractivity contribution in [2.24, 2.45) is 5.73 Å². The number of nitrogens with one attached hydrogen (secondary N) is 3. The van der Waals surface area contributed by atoms with E-state index in [-0.39, 0.29) is 5.84 Å². The van der Waals surface area contributed by atoms with Crippen LogP contribution in [-0.2, 0) is 0 Å². The van der Waals surface area contributed by atoms with Crippen LogP contribution >= 0.6 is 0 Å². The molecule has 5 N–H and O–H groups in total. The van der Waals surface area contributed by atoms with E-state index in [0.29, 0.717) is 11.3 Å². The van der Waals surface area contributed by atoms with Crippen molar-refractivity contribution in [2.45, 2.75) is 83.1 Å². The second kappa shape index (κ2) is 15.4. The molecule has 4 aromatic carbocycles. The summed E-state index contributed by atoms with van der Waals surface area (Å²) in [7, 11) is 0. The summed E-state index contributed by atoms with van der Waals surface area (Å²) >= 11 is 0. The lowest BCUT2D eigenvalue weighted by molar-refractivity contribution is 1.26. The van der Waals surface area contributed by atoms with Gasteiger partial charge in [0.05, 0.1) is 22.8 Å². The van der Waals surface area contributed by atoms with E-state index in [1.165, 1.54) is 44.5 Å². The molecule has 2 aliphatic rings. The maximum atomic E-state index is 9.13. The standard InChI is InChI=1S/C57H56N6/c1-28-19-32(5)48(33(6)20-28)52-41-13-14-42(60-41)53(49-34(7)21-29(2)22-35(49)8)44-17-18-46(62-44)55(51-38(11)25-31(4)26-39(51)12)56-40(57(58)59)27-47(63-56)54(45-16-15-43(52)61-45)50-36(9)23-30(3)24-37(50)10/h13-27,61-62H,1-12H3,(H3,58,59). The van der Waals surface area contributed by atoms with E-state index in [1.54, 1.807) is 0 Å². The minimum absolute atomic E-state index is 0.0375. The van der Waals surface area contributed by atoms with Gasteiger partial charge in [0, 0.05) is 49.9 Å². The first-order valence-corrected chi connectivity index (χ1v) is 21.9.